The molecular formula is C16H28IN3O2. The summed E-state index contributed by atoms with van der Waals surface area (Å²) in [6.07, 6.45) is -0.0137. The van der Waals surface area contributed by atoms with E-state index in [0.717, 1.165) is 11.5 Å². The first-order valence-corrected chi connectivity index (χ1v) is 7.10. The van der Waals surface area contributed by atoms with Crippen LogP contribution in [0.3, 0.4) is 0 Å². The van der Waals surface area contributed by atoms with Crippen molar-refractivity contribution in [3.63, 3.8) is 0 Å². The highest BCUT2D eigenvalue weighted by Crippen LogP contribution is 2.14. The van der Waals surface area contributed by atoms with E-state index in [1.807, 2.05) is 32.0 Å². The summed E-state index contributed by atoms with van der Waals surface area (Å²) in [5.41, 5.74) is 0.901. The molecule has 0 saturated heterocycles. The highest BCUT2D eigenvalue weighted by atomic mass is 127. The van der Waals surface area contributed by atoms with E-state index in [1.165, 1.54) is 0 Å². The first kappa shape index (κ1) is 21.1. The number of hydrogen-bond acceptors (Lipinski definition) is 3. The fourth-order valence-corrected chi connectivity index (χ4v) is 1.78. The molecule has 0 fully saturated rings. The smallest absolute Gasteiger partial charge is 0.191 e. The highest BCUT2D eigenvalue weighted by Gasteiger charge is 2.17. The lowest BCUT2D eigenvalue weighted by molar-refractivity contribution is 0.0267. The molecule has 5 nitrogen and oxygen atoms in total. The van der Waals surface area contributed by atoms with Gasteiger partial charge in [-0.1, -0.05) is 30.3 Å². The van der Waals surface area contributed by atoms with E-state index in [4.69, 9.17) is 9.47 Å². The highest BCUT2D eigenvalue weighted by molar-refractivity contribution is 14.0. The van der Waals surface area contributed by atoms with E-state index in [9.17, 15) is 0 Å². The number of nitrogens with one attached hydrogen (secondary N) is 2. The Balaban J connectivity index is 0.00000441. The van der Waals surface area contributed by atoms with Gasteiger partial charge in [-0.05, 0) is 19.4 Å². The minimum Gasteiger partial charge on any atom is -0.377 e. The van der Waals surface area contributed by atoms with Gasteiger partial charge >= 0.3 is 0 Å². The molecule has 2 N–H and O–H groups in total. The van der Waals surface area contributed by atoms with E-state index < -0.39 is 0 Å². The summed E-state index contributed by atoms with van der Waals surface area (Å²) in [4.78, 5) is 4.21. The maximum Gasteiger partial charge on any atom is 0.191 e. The Morgan fingerprint density at radius 1 is 1.18 bits per heavy atom. The van der Waals surface area contributed by atoms with Gasteiger partial charge in [0.25, 0.3) is 0 Å². The zero-order chi connectivity index (χ0) is 15.7. The molecule has 0 aliphatic heterocycles. The van der Waals surface area contributed by atoms with Gasteiger partial charge < -0.3 is 20.1 Å². The van der Waals surface area contributed by atoms with Crippen LogP contribution >= 0.6 is 24.0 Å². The number of ether oxygens (including phenoxy) is 2. The van der Waals surface area contributed by atoms with Gasteiger partial charge in [-0.3, -0.25) is 4.99 Å². The minimum atomic E-state index is -0.238. The summed E-state index contributed by atoms with van der Waals surface area (Å²) < 4.78 is 10.9. The maximum absolute atomic E-state index is 5.53. The average Bonchev–Trinajstić information content (AvgIpc) is 2.52. The SMILES string of the molecule is CN=C(NCC(OC)c1ccccc1)NCC(C)(C)OC.I. The summed E-state index contributed by atoms with van der Waals surface area (Å²) in [6.45, 7) is 5.37. The molecule has 0 bridgehead atoms. The lowest BCUT2D eigenvalue weighted by atomic mass is 10.1. The number of aliphatic imine (C=N–C) groups is 1. The van der Waals surface area contributed by atoms with Crippen LogP contribution in [0.5, 0.6) is 0 Å². The Morgan fingerprint density at radius 3 is 2.32 bits per heavy atom. The minimum absolute atomic E-state index is 0. The second-order valence-corrected chi connectivity index (χ2v) is 5.41. The van der Waals surface area contributed by atoms with Crippen molar-refractivity contribution in [3.8, 4) is 0 Å². The number of rotatable bonds is 7. The van der Waals surface area contributed by atoms with Crippen LogP contribution in [0.2, 0.25) is 0 Å². The Bertz CT molecular complexity index is 438. The number of hydrogen-bond donors (Lipinski definition) is 2. The van der Waals surface area contributed by atoms with Crippen molar-refractivity contribution in [1.29, 1.82) is 0 Å². The molecule has 1 atom stereocenters. The van der Waals surface area contributed by atoms with Gasteiger partial charge in [0.2, 0.25) is 0 Å². The van der Waals surface area contributed by atoms with Crippen molar-refractivity contribution >= 4 is 29.9 Å². The largest absolute Gasteiger partial charge is 0.377 e. The topological polar surface area (TPSA) is 54.9 Å². The Labute approximate surface area is 150 Å². The van der Waals surface area contributed by atoms with Crippen molar-refractivity contribution < 1.29 is 9.47 Å². The van der Waals surface area contributed by atoms with Crippen LogP contribution in [0.25, 0.3) is 0 Å². The lowest BCUT2D eigenvalue weighted by Gasteiger charge is -2.25. The van der Waals surface area contributed by atoms with Crippen LogP contribution in [-0.4, -0.2) is 45.9 Å². The fraction of sp³-hybridized carbons (Fsp3) is 0.562. The number of halogens is 1. The molecule has 1 aromatic carbocycles. The predicted octanol–water partition coefficient (Wildman–Crippen LogP) is 2.58. The fourth-order valence-electron chi connectivity index (χ4n) is 1.78. The van der Waals surface area contributed by atoms with Crippen LogP contribution < -0.4 is 10.6 Å². The Hall–Kier alpha value is -0.860. The van der Waals surface area contributed by atoms with E-state index in [1.54, 1.807) is 21.3 Å². The normalized spacial score (nSPS) is 13.2. The van der Waals surface area contributed by atoms with Crippen LogP contribution in [0, 0.1) is 0 Å². The van der Waals surface area contributed by atoms with Gasteiger partial charge in [-0.15, -0.1) is 24.0 Å². The van der Waals surface area contributed by atoms with Gasteiger partial charge in [0.15, 0.2) is 5.96 Å². The lowest BCUT2D eigenvalue weighted by Crippen LogP contribution is -2.46. The molecule has 0 radical (unpaired) electrons. The molecule has 1 rings (SSSR count). The monoisotopic (exact) mass is 421 g/mol. The van der Waals surface area contributed by atoms with Gasteiger partial charge in [-0.2, -0.15) is 0 Å². The van der Waals surface area contributed by atoms with E-state index >= 15 is 0 Å². The van der Waals surface area contributed by atoms with Crippen molar-refractivity contribution in [2.75, 3.05) is 34.4 Å². The van der Waals surface area contributed by atoms with Gasteiger partial charge in [-0.25, -0.2) is 0 Å². The summed E-state index contributed by atoms with van der Waals surface area (Å²) in [7, 11) is 5.16. The van der Waals surface area contributed by atoms with Crippen LogP contribution in [-0.2, 0) is 9.47 Å². The third kappa shape index (κ3) is 7.42. The number of benzene rings is 1. The molecular weight excluding hydrogens is 393 g/mol. The summed E-state index contributed by atoms with van der Waals surface area (Å²) >= 11 is 0. The zero-order valence-electron chi connectivity index (χ0n) is 14.1. The number of methoxy groups -OCH3 is 2. The summed E-state index contributed by atoms with van der Waals surface area (Å²) in [6, 6.07) is 10.1. The number of nitrogens with zero attached hydrogens (tertiary/aromatic N) is 1. The molecule has 0 amide bonds. The van der Waals surface area contributed by atoms with Crippen LogP contribution in [0.4, 0.5) is 0 Å². The second-order valence-electron chi connectivity index (χ2n) is 5.41. The second kappa shape index (κ2) is 10.8. The Morgan fingerprint density at radius 2 is 1.82 bits per heavy atom. The zero-order valence-corrected chi connectivity index (χ0v) is 16.4. The first-order valence-electron chi connectivity index (χ1n) is 7.10. The van der Waals surface area contributed by atoms with Gasteiger partial charge in [0, 0.05) is 34.4 Å². The van der Waals surface area contributed by atoms with Crippen LogP contribution in [0.15, 0.2) is 35.3 Å². The molecule has 22 heavy (non-hydrogen) atoms. The predicted molar refractivity (Wildman–Crippen MR) is 102 cm³/mol. The van der Waals surface area contributed by atoms with Gasteiger partial charge in [0.1, 0.15) is 0 Å². The number of guanidine groups is 1. The van der Waals surface area contributed by atoms with Crippen LogP contribution in [0.1, 0.15) is 25.5 Å². The standard InChI is InChI=1S/C16H27N3O2.HI/c1-16(2,21-5)12-19-15(17-3)18-11-14(20-4)13-9-7-6-8-10-13;/h6-10,14H,11-12H2,1-5H3,(H2,17,18,19);1H. The molecule has 1 aromatic rings. The molecule has 0 aliphatic rings. The summed E-state index contributed by atoms with van der Waals surface area (Å²) in [5.74, 6) is 0.734. The molecule has 0 aromatic heterocycles. The van der Waals surface area contributed by atoms with E-state index in [0.29, 0.717) is 13.1 Å². The molecule has 0 aliphatic carbocycles. The van der Waals surface area contributed by atoms with E-state index in [-0.39, 0.29) is 35.7 Å². The molecule has 0 spiro atoms. The van der Waals surface area contributed by atoms with Gasteiger partial charge in [0.05, 0.1) is 11.7 Å². The molecule has 6 heteroatoms. The molecule has 0 heterocycles. The van der Waals surface area contributed by atoms with E-state index in [2.05, 4.69) is 27.8 Å². The molecule has 126 valence electrons. The average molecular weight is 421 g/mol. The third-order valence-electron chi connectivity index (χ3n) is 3.37. The third-order valence-corrected chi connectivity index (χ3v) is 3.37. The first-order chi connectivity index (χ1) is 10.0. The quantitative estimate of drug-likeness (QED) is 0.404. The summed E-state index contributed by atoms with van der Waals surface area (Å²) in [5, 5.41) is 6.52. The van der Waals surface area contributed by atoms with Crippen molar-refractivity contribution in [2.24, 2.45) is 4.99 Å². The Kier molecular flexibility index (Phi) is 10.4. The maximum atomic E-state index is 5.53. The van der Waals surface area contributed by atoms with Crippen molar-refractivity contribution in [1.82, 2.24) is 10.6 Å². The molecule has 0 saturated carbocycles. The molecule has 1 unspecified atom stereocenters. The van der Waals surface area contributed by atoms with Crippen molar-refractivity contribution in [2.45, 2.75) is 25.6 Å². The van der Waals surface area contributed by atoms with Crippen molar-refractivity contribution in [3.05, 3.63) is 35.9 Å².